The molecule has 2 aromatic rings. The third-order valence-corrected chi connectivity index (χ3v) is 4.97. The minimum absolute atomic E-state index is 0.122. The number of alkyl halides is 1. The van der Waals surface area contributed by atoms with Gasteiger partial charge in [-0.05, 0) is 45.3 Å². The first-order chi connectivity index (χ1) is 9.66. The van der Waals surface area contributed by atoms with Crippen molar-refractivity contribution in [1.29, 1.82) is 0 Å². The Balaban J connectivity index is 1.98. The highest BCUT2D eigenvalue weighted by atomic mass is 79.9. The van der Waals surface area contributed by atoms with Gasteiger partial charge in [0.15, 0.2) is 11.5 Å². The molecule has 20 heavy (non-hydrogen) atoms. The quantitative estimate of drug-likeness (QED) is 0.670. The van der Waals surface area contributed by atoms with Gasteiger partial charge in [-0.3, -0.25) is 0 Å². The van der Waals surface area contributed by atoms with Crippen LogP contribution in [0.15, 0.2) is 40.9 Å². The van der Waals surface area contributed by atoms with E-state index >= 15 is 0 Å². The molecule has 0 N–H and O–H groups in total. The van der Waals surface area contributed by atoms with E-state index in [4.69, 9.17) is 9.47 Å². The molecule has 0 bridgehead atoms. The van der Waals surface area contributed by atoms with Crippen LogP contribution >= 0.6 is 31.9 Å². The molecular formula is C15H11Br2FO2. The van der Waals surface area contributed by atoms with Crippen molar-refractivity contribution in [2.75, 3.05) is 13.2 Å². The number of benzene rings is 2. The van der Waals surface area contributed by atoms with Crippen molar-refractivity contribution in [2.24, 2.45) is 0 Å². The van der Waals surface area contributed by atoms with E-state index in [2.05, 4.69) is 31.9 Å². The van der Waals surface area contributed by atoms with Crippen molar-refractivity contribution < 1.29 is 13.9 Å². The van der Waals surface area contributed by atoms with Crippen LogP contribution in [0.4, 0.5) is 4.39 Å². The summed E-state index contributed by atoms with van der Waals surface area (Å²) < 4.78 is 25.2. The normalized spacial score (nSPS) is 14.9. The second-order valence-electron chi connectivity index (χ2n) is 4.41. The zero-order valence-electron chi connectivity index (χ0n) is 10.4. The first-order valence-corrected chi connectivity index (χ1v) is 7.85. The van der Waals surface area contributed by atoms with Crippen molar-refractivity contribution in [2.45, 2.75) is 4.83 Å². The third-order valence-electron chi connectivity index (χ3n) is 3.11. The lowest BCUT2D eigenvalue weighted by Crippen LogP contribution is -2.15. The Hall–Kier alpha value is -1.07. The van der Waals surface area contributed by atoms with Crippen LogP contribution in [0.5, 0.6) is 11.5 Å². The van der Waals surface area contributed by atoms with Gasteiger partial charge in [0.25, 0.3) is 0 Å². The molecule has 0 saturated carbocycles. The first kappa shape index (κ1) is 13.9. The monoisotopic (exact) mass is 400 g/mol. The van der Waals surface area contributed by atoms with Crippen molar-refractivity contribution in [3.63, 3.8) is 0 Å². The Morgan fingerprint density at radius 1 is 1.05 bits per heavy atom. The van der Waals surface area contributed by atoms with Gasteiger partial charge < -0.3 is 9.47 Å². The molecule has 1 aliphatic heterocycles. The zero-order chi connectivity index (χ0) is 14.1. The van der Waals surface area contributed by atoms with Crippen molar-refractivity contribution in [3.8, 4) is 11.5 Å². The predicted octanol–water partition coefficient (Wildman–Crippen LogP) is 4.84. The largest absolute Gasteiger partial charge is 0.486 e. The van der Waals surface area contributed by atoms with Gasteiger partial charge in [0.1, 0.15) is 19.0 Å². The molecule has 0 amide bonds. The van der Waals surface area contributed by atoms with Gasteiger partial charge in [-0.15, -0.1) is 0 Å². The molecule has 104 valence electrons. The van der Waals surface area contributed by atoms with Gasteiger partial charge in [0.2, 0.25) is 0 Å². The molecule has 0 aliphatic carbocycles. The molecule has 0 spiro atoms. The summed E-state index contributed by atoms with van der Waals surface area (Å²) >= 11 is 6.91. The van der Waals surface area contributed by atoms with E-state index < -0.39 is 0 Å². The summed E-state index contributed by atoms with van der Waals surface area (Å²) in [6.45, 7) is 1.12. The molecule has 0 fully saturated rings. The molecule has 1 aliphatic rings. The molecule has 0 saturated heterocycles. The summed E-state index contributed by atoms with van der Waals surface area (Å²) in [7, 11) is 0. The fourth-order valence-electron chi connectivity index (χ4n) is 2.11. The molecule has 0 aromatic heterocycles. The topological polar surface area (TPSA) is 18.5 Å². The number of rotatable bonds is 2. The predicted molar refractivity (Wildman–Crippen MR) is 82.3 cm³/mol. The van der Waals surface area contributed by atoms with Gasteiger partial charge in [0.05, 0.1) is 9.30 Å². The van der Waals surface area contributed by atoms with Crippen LogP contribution < -0.4 is 9.47 Å². The average molecular weight is 402 g/mol. The van der Waals surface area contributed by atoms with Crippen LogP contribution in [-0.2, 0) is 0 Å². The number of ether oxygens (including phenoxy) is 2. The minimum atomic E-state index is -0.274. The van der Waals surface area contributed by atoms with Crippen molar-refractivity contribution in [3.05, 3.63) is 57.8 Å². The molecule has 1 atom stereocenters. The highest BCUT2D eigenvalue weighted by molar-refractivity contribution is 9.11. The number of hydrogen-bond donors (Lipinski definition) is 0. The molecule has 0 radical (unpaired) electrons. The van der Waals surface area contributed by atoms with E-state index in [0.29, 0.717) is 17.7 Å². The molecule has 2 aromatic carbocycles. The Kier molecular flexibility index (Phi) is 3.98. The fraction of sp³-hybridized carbons (Fsp3) is 0.200. The van der Waals surface area contributed by atoms with E-state index in [-0.39, 0.29) is 10.6 Å². The van der Waals surface area contributed by atoms with Gasteiger partial charge in [-0.2, -0.15) is 0 Å². The Bertz CT molecular complexity index is 646. The number of hydrogen-bond acceptors (Lipinski definition) is 2. The van der Waals surface area contributed by atoms with E-state index in [1.807, 2.05) is 24.3 Å². The Labute approximate surface area is 133 Å². The maximum absolute atomic E-state index is 13.6. The van der Waals surface area contributed by atoms with Gasteiger partial charge in [-0.25, -0.2) is 4.39 Å². The maximum atomic E-state index is 13.6. The lowest BCUT2D eigenvalue weighted by Gasteiger charge is -2.20. The lowest BCUT2D eigenvalue weighted by atomic mass is 10.0. The minimum Gasteiger partial charge on any atom is -0.486 e. The van der Waals surface area contributed by atoms with Gasteiger partial charge in [0, 0.05) is 0 Å². The molecule has 3 rings (SSSR count). The highest BCUT2D eigenvalue weighted by Crippen LogP contribution is 2.40. The van der Waals surface area contributed by atoms with Crippen LogP contribution in [-0.4, -0.2) is 13.2 Å². The first-order valence-electron chi connectivity index (χ1n) is 6.14. The van der Waals surface area contributed by atoms with Crippen molar-refractivity contribution in [1.82, 2.24) is 0 Å². The third kappa shape index (κ3) is 2.56. The van der Waals surface area contributed by atoms with Gasteiger partial charge in [-0.1, -0.05) is 34.1 Å². The second-order valence-corrected chi connectivity index (χ2v) is 6.12. The van der Waals surface area contributed by atoms with Crippen LogP contribution in [0, 0.1) is 5.82 Å². The summed E-state index contributed by atoms with van der Waals surface area (Å²) in [5.41, 5.74) is 1.82. The molecule has 5 heteroatoms. The Morgan fingerprint density at radius 3 is 2.60 bits per heavy atom. The average Bonchev–Trinajstić information content (AvgIpc) is 2.49. The number of fused-ring (bicyclic) bond motifs is 1. The second kappa shape index (κ2) is 5.74. The van der Waals surface area contributed by atoms with Crippen LogP contribution in [0.25, 0.3) is 0 Å². The SMILES string of the molecule is Fc1cccc(C(Br)c2ccc3c(c2)OCCO3)c1Br. The van der Waals surface area contributed by atoms with Crippen LogP contribution in [0.1, 0.15) is 16.0 Å². The lowest BCUT2D eigenvalue weighted by molar-refractivity contribution is 0.171. The summed E-state index contributed by atoms with van der Waals surface area (Å²) in [5.74, 6) is 1.20. The zero-order valence-corrected chi connectivity index (χ0v) is 13.6. The van der Waals surface area contributed by atoms with Crippen molar-refractivity contribution >= 4 is 31.9 Å². The summed E-state index contributed by atoms with van der Waals surface area (Å²) in [6, 6.07) is 10.8. The molecule has 1 heterocycles. The molecule has 2 nitrogen and oxygen atoms in total. The highest BCUT2D eigenvalue weighted by Gasteiger charge is 2.19. The summed E-state index contributed by atoms with van der Waals surface area (Å²) in [4.78, 5) is -0.122. The maximum Gasteiger partial charge on any atom is 0.161 e. The van der Waals surface area contributed by atoms with E-state index in [9.17, 15) is 4.39 Å². The molecular weight excluding hydrogens is 391 g/mol. The van der Waals surface area contributed by atoms with Gasteiger partial charge >= 0.3 is 0 Å². The van der Waals surface area contributed by atoms with Crippen LogP contribution in [0.3, 0.4) is 0 Å². The number of halogens is 3. The summed E-state index contributed by atoms with van der Waals surface area (Å²) in [6.07, 6.45) is 0. The fourth-order valence-corrected chi connectivity index (χ4v) is 3.58. The smallest absolute Gasteiger partial charge is 0.161 e. The summed E-state index contributed by atoms with van der Waals surface area (Å²) in [5, 5.41) is 0. The standard InChI is InChI=1S/C15H11Br2FO2/c16-14(10-2-1-3-11(18)15(10)17)9-4-5-12-13(8-9)20-7-6-19-12/h1-5,8,14H,6-7H2. The van der Waals surface area contributed by atoms with Crippen LogP contribution in [0.2, 0.25) is 0 Å². The Morgan fingerprint density at radius 2 is 1.80 bits per heavy atom. The van der Waals surface area contributed by atoms with E-state index in [1.54, 1.807) is 6.07 Å². The van der Waals surface area contributed by atoms with E-state index in [1.165, 1.54) is 6.07 Å². The van der Waals surface area contributed by atoms with E-state index in [0.717, 1.165) is 22.6 Å². The molecule has 1 unspecified atom stereocenters.